The summed E-state index contributed by atoms with van der Waals surface area (Å²) in [4.78, 5) is 0. The van der Waals surface area contributed by atoms with Crippen LogP contribution < -0.4 is 5.32 Å². The highest BCUT2D eigenvalue weighted by Gasteiger charge is 2.38. The first-order valence-electron chi connectivity index (χ1n) is 7.47. The van der Waals surface area contributed by atoms with Crippen LogP contribution >= 0.6 is 11.8 Å². The fraction of sp³-hybridized carbons (Fsp3) is 1.00. The maximum absolute atomic E-state index is 9.15. The Labute approximate surface area is 117 Å². The standard InChI is InChI=1S/C15H31NOS/c1-5-9-16-14-13(18-11-12(2)10-17)7-6-8-15(14,3)4/h12-14,16-17H,5-11H2,1-4H3. The van der Waals surface area contributed by atoms with Crippen molar-refractivity contribution in [2.24, 2.45) is 11.3 Å². The van der Waals surface area contributed by atoms with Gasteiger partial charge in [0, 0.05) is 17.9 Å². The molecule has 1 rings (SSSR count). The van der Waals surface area contributed by atoms with Gasteiger partial charge in [-0.15, -0.1) is 0 Å². The van der Waals surface area contributed by atoms with Crippen molar-refractivity contribution >= 4 is 11.8 Å². The van der Waals surface area contributed by atoms with Gasteiger partial charge < -0.3 is 10.4 Å². The molecule has 0 bridgehead atoms. The molecule has 0 amide bonds. The number of nitrogens with one attached hydrogen (secondary N) is 1. The summed E-state index contributed by atoms with van der Waals surface area (Å²) in [7, 11) is 0. The fourth-order valence-electron chi connectivity index (χ4n) is 2.81. The summed E-state index contributed by atoms with van der Waals surface area (Å²) in [5.41, 5.74) is 0.410. The Hall–Kier alpha value is 0.270. The van der Waals surface area contributed by atoms with Gasteiger partial charge in [-0.25, -0.2) is 0 Å². The van der Waals surface area contributed by atoms with Gasteiger partial charge in [0.05, 0.1) is 0 Å². The minimum Gasteiger partial charge on any atom is -0.396 e. The van der Waals surface area contributed by atoms with E-state index >= 15 is 0 Å². The topological polar surface area (TPSA) is 32.3 Å². The lowest BCUT2D eigenvalue weighted by Gasteiger charge is -2.44. The monoisotopic (exact) mass is 273 g/mol. The Bertz CT molecular complexity index is 233. The summed E-state index contributed by atoms with van der Waals surface area (Å²) in [6.45, 7) is 10.6. The second kappa shape index (κ2) is 7.76. The molecule has 0 radical (unpaired) electrons. The van der Waals surface area contributed by atoms with Crippen LogP contribution in [0.4, 0.5) is 0 Å². The number of aliphatic hydroxyl groups excluding tert-OH is 1. The lowest BCUT2D eigenvalue weighted by Crippen LogP contribution is -2.51. The van der Waals surface area contributed by atoms with Crippen molar-refractivity contribution in [1.29, 1.82) is 0 Å². The average Bonchev–Trinajstić information content (AvgIpc) is 2.34. The smallest absolute Gasteiger partial charge is 0.0464 e. The lowest BCUT2D eigenvalue weighted by atomic mass is 9.73. The second-order valence-corrected chi connectivity index (χ2v) is 7.74. The van der Waals surface area contributed by atoms with E-state index < -0.39 is 0 Å². The van der Waals surface area contributed by atoms with Crippen LogP contribution in [0.25, 0.3) is 0 Å². The predicted molar refractivity (Wildman–Crippen MR) is 82.2 cm³/mol. The quantitative estimate of drug-likeness (QED) is 0.746. The molecule has 0 saturated heterocycles. The molecule has 3 atom stereocenters. The third kappa shape index (κ3) is 4.75. The highest BCUT2D eigenvalue weighted by atomic mass is 32.2. The molecule has 3 unspecified atom stereocenters. The van der Waals surface area contributed by atoms with Crippen LogP contribution in [-0.4, -0.2) is 35.3 Å². The Morgan fingerprint density at radius 1 is 1.44 bits per heavy atom. The van der Waals surface area contributed by atoms with Crippen molar-refractivity contribution in [3.05, 3.63) is 0 Å². The highest BCUT2D eigenvalue weighted by Crippen LogP contribution is 2.41. The van der Waals surface area contributed by atoms with Crippen molar-refractivity contribution in [1.82, 2.24) is 5.32 Å². The van der Waals surface area contributed by atoms with Gasteiger partial charge in [0.25, 0.3) is 0 Å². The van der Waals surface area contributed by atoms with Gasteiger partial charge in [0.2, 0.25) is 0 Å². The molecule has 18 heavy (non-hydrogen) atoms. The Morgan fingerprint density at radius 2 is 2.17 bits per heavy atom. The maximum Gasteiger partial charge on any atom is 0.0464 e. The van der Waals surface area contributed by atoms with Gasteiger partial charge in [-0.2, -0.15) is 11.8 Å². The van der Waals surface area contributed by atoms with E-state index in [2.05, 4.69) is 44.8 Å². The SMILES string of the molecule is CCCNC1C(SCC(C)CO)CCCC1(C)C. The van der Waals surface area contributed by atoms with Gasteiger partial charge in [-0.3, -0.25) is 0 Å². The number of thioether (sulfide) groups is 1. The average molecular weight is 273 g/mol. The molecular formula is C15H31NOS. The predicted octanol–water partition coefficient (Wildman–Crippen LogP) is 3.29. The zero-order chi connectivity index (χ0) is 13.6. The number of hydrogen-bond acceptors (Lipinski definition) is 3. The zero-order valence-corrected chi connectivity index (χ0v) is 13.4. The number of rotatable bonds is 7. The summed E-state index contributed by atoms with van der Waals surface area (Å²) in [5.74, 6) is 1.51. The van der Waals surface area contributed by atoms with Gasteiger partial charge in [0.1, 0.15) is 0 Å². The van der Waals surface area contributed by atoms with Crippen LogP contribution in [0.1, 0.15) is 53.4 Å². The first-order chi connectivity index (χ1) is 8.51. The van der Waals surface area contributed by atoms with Crippen LogP contribution in [0, 0.1) is 11.3 Å². The number of hydrogen-bond donors (Lipinski definition) is 2. The van der Waals surface area contributed by atoms with Crippen LogP contribution in [0.15, 0.2) is 0 Å². The van der Waals surface area contributed by atoms with E-state index in [0.717, 1.165) is 12.3 Å². The van der Waals surface area contributed by atoms with Crippen molar-refractivity contribution in [3.8, 4) is 0 Å². The van der Waals surface area contributed by atoms with Gasteiger partial charge in [-0.05, 0) is 42.9 Å². The minimum absolute atomic E-state index is 0.316. The largest absolute Gasteiger partial charge is 0.396 e. The van der Waals surface area contributed by atoms with E-state index in [1.54, 1.807) is 0 Å². The second-order valence-electron chi connectivity index (χ2n) is 6.47. The normalized spacial score (nSPS) is 29.2. The molecule has 0 aliphatic heterocycles. The van der Waals surface area contributed by atoms with Crippen LogP contribution in [0.2, 0.25) is 0 Å². The van der Waals surface area contributed by atoms with Crippen molar-refractivity contribution in [3.63, 3.8) is 0 Å². The Kier molecular flexibility index (Phi) is 7.04. The summed E-state index contributed by atoms with van der Waals surface area (Å²) in [6, 6.07) is 0.627. The third-order valence-corrected chi connectivity index (χ3v) is 5.74. The fourth-order valence-corrected chi connectivity index (χ4v) is 4.48. The molecule has 3 heteroatoms. The molecule has 0 aromatic carbocycles. The van der Waals surface area contributed by atoms with Gasteiger partial charge >= 0.3 is 0 Å². The third-order valence-electron chi connectivity index (χ3n) is 4.04. The highest BCUT2D eigenvalue weighted by molar-refractivity contribution is 7.99. The van der Waals surface area contributed by atoms with E-state index in [1.807, 2.05) is 0 Å². The lowest BCUT2D eigenvalue weighted by molar-refractivity contribution is 0.174. The summed E-state index contributed by atoms with van der Waals surface area (Å²) in [5, 5.41) is 13.6. The van der Waals surface area contributed by atoms with E-state index in [0.29, 0.717) is 29.2 Å². The zero-order valence-electron chi connectivity index (χ0n) is 12.5. The Morgan fingerprint density at radius 3 is 2.78 bits per heavy atom. The molecule has 1 aliphatic carbocycles. The molecule has 2 nitrogen and oxygen atoms in total. The molecule has 0 aromatic rings. The van der Waals surface area contributed by atoms with E-state index in [1.165, 1.54) is 25.7 Å². The molecule has 0 spiro atoms. The first kappa shape index (κ1) is 16.3. The molecule has 1 saturated carbocycles. The van der Waals surface area contributed by atoms with Crippen LogP contribution in [-0.2, 0) is 0 Å². The Balaban J connectivity index is 2.55. The van der Waals surface area contributed by atoms with Crippen LogP contribution in [0.5, 0.6) is 0 Å². The molecule has 0 heterocycles. The molecule has 1 fully saturated rings. The van der Waals surface area contributed by atoms with E-state index in [-0.39, 0.29) is 0 Å². The van der Waals surface area contributed by atoms with Gasteiger partial charge in [0.15, 0.2) is 0 Å². The van der Waals surface area contributed by atoms with Gasteiger partial charge in [-0.1, -0.05) is 34.1 Å². The van der Waals surface area contributed by atoms with Crippen molar-refractivity contribution in [2.45, 2.75) is 64.7 Å². The van der Waals surface area contributed by atoms with Crippen molar-refractivity contribution < 1.29 is 5.11 Å². The first-order valence-corrected chi connectivity index (χ1v) is 8.52. The molecule has 1 aliphatic rings. The minimum atomic E-state index is 0.316. The maximum atomic E-state index is 9.15. The summed E-state index contributed by atoms with van der Waals surface area (Å²) < 4.78 is 0. The summed E-state index contributed by atoms with van der Waals surface area (Å²) >= 11 is 2.07. The van der Waals surface area contributed by atoms with Crippen molar-refractivity contribution in [2.75, 3.05) is 18.9 Å². The molecular weight excluding hydrogens is 242 g/mol. The number of aliphatic hydroxyl groups is 1. The van der Waals surface area contributed by atoms with E-state index in [4.69, 9.17) is 5.11 Å². The van der Waals surface area contributed by atoms with E-state index in [9.17, 15) is 0 Å². The van der Waals surface area contributed by atoms with Crippen LogP contribution in [0.3, 0.4) is 0 Å². The molecule has 0 aromatic heterocycles. The molecule has 2 N–H and O–H groups in total. The molecule has 108 valence electrons. The summed E-state index contributed by atoms with van der Waals surface area (Å²) in [6.07, 6.45) is 5.22.